The lowest BCUT2D eigenvalue weighted by Gasteiger charge is -2.10. The van der Waals surface area contributed by atoms with E-state index in [2.05, 4.69) is 17.2 Å². The number of nitrogens with one attached hydrogen (secondary N) is 1. The molecule has 1 heterocycles. The molecular formula is C13H18N2O. The molecule has 0 aromatic carbocycles. The van der Waals surface area contributed by atoms with Gasteiger partial charge in [0.2, 0.25) is 5.91 Å². The van der Waals surface area contributed by atoms with Crippen molar-refractivity contribution in [3.8, 4) is 0 Å². The topological polar surface area (TPSA) is 42.0 Å². The molecule has 1 N–H and O–H groups in total. The van der Waals surface area contributed by atoms with Gasteiger partial charge in [-0.15, -0.1) is 0 Å². The van der Waals surface area contributed by atoms with Crippen LogP contribution in [0.2, 0.25) is 0 Å². The van der Waals surface area contributed by atoms with E-state index in [9.17, 15) is 4.79 Å². The lowest BCUT2D eigenvalue weighted by molar-refractivity contribution is -0.119. The molecule has 16 heavy (non-hydrogen) atoms. The van der Waals surface area contributed by atoms with Crippen molar-refractivity contribution in [1.29, 1.82) is 0 Å². The summed E-state index contributed by atoms with van der Waals surface area (Å²) < 4.78 is 0. The molecule has 3 nitrogen and oxygen atoms in total. The molecule has 1 amide bonds. The first-order valence-corrected chi connectivity index (χ1v) is 5.88. The Hall–Kier alpha value is -1.38. The molecule has 0 radical (unpaired) electrons. The van der Waals surface area contributed by atoms with E-state index in [0.717, 1.165) is 18.4 Å². The highest BCUT2D eigenvalue weighted by Gasteiger charge is 2.27. The van der Waals surface area contributed by atoms with Crippen molar-refractivity contribution in [3.05, 3.63) is 23.9 Å². The summed E-state index contributed by atoms with van der Waals surface area (Å²) in [5.74, 6) is 1.65. The van der Waals surface area contributed by atoms with Crippen molar-refractivity contribution in [2.75, 3.05) is 5.32 Å². The smallest absolute Gasteiger partial charge is 0.228 e. The Morgan fingerprint density at radius 3 is 2.81 bits per heavy atom. The number of nitrogens with zero attached hydrogens (tertiary/aromatic N) is 1. The van der Waals surface area contributed by atoms with E-state index in [0.29, 0.717) is 11.7 Å². The number of hydrogen-bond acceptors (Lipinski definition) is 2. The van der Waals surface area contributed by atoms with E-state index in [1.54, 1.807) is 6.20 Å². The average Bonchev–Trinajstić information content (AvgIpc) is 2.68. The summed E-state index contributed by atoms with van der Waals surface area (Å²) in [5.41, 5.74) is 1.10. The molecule has 3 heteroatoms. The molecule has 2 rings (SSSR count). The van der Waals surface area contributed by atoms with Crippen LogP contribution in [-0.2, 0) is 4.79 Å². The number of anilines is 1. The van der Waals surface area contributed by atoms with Gasteiger partial charge in [-0.1, -0.05) is 13.0 Å². The highest BCUT2D eigenvalue weighted by atomic mass is 16.1. The minimum atomic E-state index is 0.126. The van der Waals surface area contributed by atoms with Crippen LogP contribution >= 0.6 is 0 Å². The SMILES string of the molecule is Cc1ccc(NC(=O)[C@H]2CC[C@H](C)C2)nc1. The van der Waals surface area contributed by atoms with Crippen LogP contribution in [-0.4, -0.2) is 10.9 Å². The first-order valence-electron chi connectivity index (χ1n) is 5.88. The Morgan fingerprint density at radius 2 is 2.25 bits per heavy atom. The van der Waals surface area contributed by atoms with Crippen molar-refractivity contribution in [2.45, 2.75) is 33.1 Å². The second-order valence-corrected chi connectivity index (χ2v) is 4.83. The van der Waals surface area contributed by atoms with Gasteiger partial charge in [0.25, 0.3) is 0 Å². The number of hydrogen-bond donors (Lipinski definition) is 1. The number of pyridine rings is 1. The summed E-state index contributed by atoms with van der Waals surface area (Å²) in [7, 11) is 0. The molecule has 1 aromatic heterocycles. The summed E-state index contributed by atoms with van der Waals surface area (Å²) in [5, 5.41) is 2.88. The summed E-state index contributed by atoms with van der Waals surface area (Å²) in [6.45, 7) is 4.19. The third kappa shape index (κ3) is 2.60. The van der Waals surface area contributed by atoms with Crippen molar-refractivity contribution in [1.82, 2.24) is 4.98 Å². The molecule has 0 bridgehead atoms. The van der Waals surface area contributed by atoms with Crippen LogP contribution in [0.3, 0.4) is 0 Å². The Balaban J connectivity index is 1.94. The van der Waals surface area contributed by atoms with Gasteiger partial charge in [-0.05, 0) is 43.7 Å². The molecular weight excluding hydrogens is 200 g/mol. The van der Waals surface area contributed by atoms with Crippen LogP contribution in [0.25, 0.3) is 0 Å². The molecule has 0 aliphatic heterocycles. The van der Waals surface area contributed by atoms with E-state index in [4.69, 9.17) is 0 Å². The fourth-order valence-corrected chi connectivity index (χ4v) is 2.22. The van der Waals surface area contributed by atoms with Crippen LogP contribution in [0.4, 0.5) is 5.82 Å². The van der Waals surface area contributed by atoms with Gasteiger partial charge in [0.15, 0.2) is 0 Å². The van der Waals surface area contributed by atoms with Gasteiger partial charge in [-0.2, -0.15) is 0 Å². The predicted molar refractivity (Wildman–Crippen MR) is 64.1 cm³/mol. The molecule has 1 saturated carbocycles. The highest BCUT2D eigenvalue weighted by Crippen LogP contribution is 2.30. The summed E-state index contributed by atoms with van der Waals surface area (Å²) in [4.78, 5) is 16.1. The Bertz CT molecular complexity index is 372. The zero-order valence-corrected chi connectivity index (χ0v) is 9.86. The monoisotopic (exact) mass is 218 g/mol. The zero-order chi connectivity index (χ0) is 11.5. The normalized spacial score (nSPS) is 24.4. The quantitative estimate of drug-likeness (QED) is 0.829. The van der Waals surface area contributed by atoms with Crippen molar-refractivity contribution >= 4 is 11.7 Å². The Labute approximate surface area is 96.3 Å². The second kappa shape index (κ2) is 4.64. The number of carbonyl (C=O) groups excluding carboxylic acids is 1. The number of carbonyl (C=O) groups is 1. The molecule has 0 unspecified atom stereocenters. The summed E-state index contributed by atoms with van der Waals surface area (Å²) in [6, 6.07) is 3.81. The van der Waals surface area contributed by atoms with Gasteiger partial charge in [-0.25, -0.2) is 4.98 Å². The highest BCUT2D eigenvalue weighted by molar-refractivity contribution is 5.91. The van der Waals surface area contributed by atoms with E-state index < -0.39 is 0 Å². The van der Waals surface area contributed by atoms with E-state index >= 15 is 0 Å². The maximum absolute atomic E-state index is 11.9. The Morgan fingerprint density at radius 1 is 1.44 bits per heavy atom. The molecule has 1 aliphatic carbocycles. The fraction of sp³-hybridized carbons (Fsp3) is 0.538. The molecule has 1 fully saturated rings. The number of aromatic nitrogens is 1. The average molecular weight is 218 g/mol. The van der Waals surface area contributed by atoms with Crippen molar-refractivity contribution in [3.63, 3.8) is 0 Å². The molecule has 86 valence electrons. The van der Waals surface area contributed by atoms with E-state index in [-0.39, 0.29) is 11.8 Å². The van der Waals surface area contributed by atoms with Crippen molar-refractivity contribution in [2.24, 2.45) is 11.8 Å². The Kier molecular flexibility index (Phi) is 3.22. The first-order chi connectivity index (χ1) is 7.65. The fourth-order valence-electron chi connectivity index (χ4n) is 2.22. The maximum atomic E-state index is 11.9. The van der Waals surface area contributed by atoms with E-state index in [1.807, 2.05) is 19.1 Å². The number of amides is 1. The van der Waals surface area contributed by atoms with Crippen LogP contribution < -0.4 is 5.32 Å². The number of aryl methyl sites for hydroxylation is 1. The molecule has 1 aliphatic rings. The van der Waals surface area contributed by atoms with Gasteiger partial charge in [0, 0.05) is 12.1 Å². The first kappa shape index (κ1) is 11.1. The lowest BCUT2D eigenvalue weighted by atomic mass is 10.1. The molecule has 1 aromatic rings. The minimum Gasteiger partial charge on any atom is -0.310 e. The number of rotatable bonds is 2. The zero-order valence-electron chi connectivity index (χ0n) is 9.86. The standard InChI is InChI=1S/C13H18N2O/c1-9-3-5-11(7-9)13(16)15-12-6-4-10(2)8-14-12/h4,6,8-9,11H,3,5,7H2,1-2H3,(H,14,15,16)/t9-,11-/m0/s1. The third-order valence-electron chi connectivity index (χ3n) is 3.23. The van der Waals surface area contributed by atoms with E-state index in [1.165, 1.54) is 6.42 Å². The second-order valence-electron chi connectivity index (χ2n) is 4.83. The molecule has 0 saturated heterocycles. The van der Waals surface area contributed by atoms with Crippen LogP contribution in [0.15, 0.2) is 18.3 Å². The van der Waals surface area contributed by atoms with Gasteiger partial charge < -0.3 is 5.32 Å². The summed E-state index contributed by atoms with van der Waals surface area (Å²) in [6.07, 6.45) is 4.96. The molecule has 2 atom stereocenters. The van der Waals surface area contributed by atoms with Crippen LogP contribution in [0.1, 0.15) is 31.7 Å². The van der Waals surface area contributed by atoms with Crippen LogP contribution in [0, 0.1) is 18.8 Å². The minimum absolute atomic E-state index is 0.126. The van der Waals surface area contributed by atoms with Gasteiger partial charge in [-0.3, -0.25) is 4.79 Å². The predicted octanol–water partition coefficient (Wildman–Crippen LogP) is 2.76. The van der Waals surface area contributed by atoms with Gasteiger partial charge in [0.1, 0.15) is 5.82 Å². The molecule has 0 spiro atoms. The van der Waals surface area contributed by atoms with Crippen molar-refractivity contribution < 1.29 is 4.79 Å². The van der Waals surface area contributed by atoms with Crippen LogP contribution in [0.5, 0.6) is 0 Å². The van der Waals surface area contributed by atoms with Gasteiger partial charge >= 0.3 is 0 Å². The van der Waals surface area contributed by atoms with Gasteiger partial charge in [0.05, 0.1) is 0 Å². The summed E-state index contributed by atoms with van der Waals surface area (Å²) >= 11 is 0. The third-order valence-corrected chi connectivity index (χ3v) is 3.23. The lowest BCUT2D eigenvalue weighted by Crippen LogP contribution is -2.21. The maximum Gasteiger partial charge on any atom is 0.228 e. The largest absolute Gasteiger partial charge is 0.310 e.